The molecule has 0 amide bonds. The van der Waals surface area contributed by atoms with Crippen molar-refractivity contribution in [2.75, 3.05) is 0 Å². The second-order valence-corrected chi connectivity index (χ2v) is 5.77. The predicted octanol–water partition coefficient (Wildman–Crippen LogP) is 3.89. The van der Waals surface area contributed by atoms with Crippen molar-refractivity contribution in [3.63, 3.8) is 0 Å². The van der Waals surface area contributed by atoms with Crippen molar-refractivity contribution < 1.29 is 4.42 Å². The van der Waals surface area contributed by atoms with Crippen molar-refractivity contribution >= 4 is 0 Å². The molecular formula is C17H24N2O. The molecule has 0 saturated heterocycles. The van der Waals surface area contributed by atoms with Crippen LogP contribution in [0, 0.1) is 13.8 Å². The molecular weight excluding hydrogens is 248 g/mol. The summed E-state index contributed by atoms with van der Waals surface area (Å²) in [4.78, 5) is 0. The molecule has 2 heterocycles. The van der Waals surface area contributed by atoms with E-state index in [4.69, 9.17) is 4.42 Å². The Morgan fingerprint density at radius 3 is 3.00 bits per heavy atom. The maximum atomic E-state index is 5.56. The number of hydrogen-bond donors (Lipinski definition) is 1. The van der Waals surface area contributed by atoms with Gasteiger partial charge >= 0.3 is 0 Å². The Bertz CT molecular complexity index is 594. The lowest BCUT2D eigenvalue weighted by molar-refractivity contribution is 0.410. The van der Waals surface area contributed by atoms with E-state index in [0.29, 0.717) is 6.04 Å². The van der Waals surface area contributed by atoms with Gasteiger partial charge in [-0.15, -0.1) is 0 Å². The first kappa shape index (κ1) is 13.5. The van der Waals surface area contributed by atoms with E-state index in [1.54, 1.807) is 0 Å². The van der Waals surface area contributed by atoms with E-state index in [9.17, 15) is 0 Å². The van der Waals surface area contributed by atoms with Crippen molar-refractivity contribution in [2.24, 2.45) is 0 Å². The van der Waals surface area contributed by atoms with Gasteiger partial charge in [-0.2, -0.15) is 0 Å². The van der Waals surface area contributed by atoms with Gasteiger partial charge in [-0.25, -0.2) is 0 Å². The molecule has 3 nitrogen and oxygen atoms in total. The zero-order valence-electron chi connectivity index (χ0n) is 12.7. The van der Waals surface area contributed by atoms with E-state index in [-0.39, 0.29) is 0 Å². The van der Waals surface area contributed by atoms with Crippen LogP contribution in [0.15, 0.2) is 22.8 Å². The topological polar surface area (TPSA) is 30.1 Å². The molecule has 0 saturated carbocycles. The molecule has 0 bridgehead atoms. The van der Waals surface area contributed by atoms with Crippen molar-refractivity contribution in [1.29, 1.82) is 0 Å². The van der Waals surface area contributed by atoms with Crippen LogP contribution in [-0.2, 0) is 19.5 Å². The van der Waals surface area contributed by atoms with Gasteiger partial charge in [0.25, 0.3) is 0 Å². The summed E-state index contributed by atoms with van der Waals surface area (Å²) < 4.78 is 7.93. The molecule has 1 unspecified atom stereocenters. The lowest BCUT2D eigenvalue weighted by Crippen LogP contribution is -2.24. The SMILES string of the molecule is CCn1c(C)cc(CNC2CCCc3occc32)c1C. The number of nitrogens with one attached hydrogen (secondary N) is 1. The summed E-state index contributed by atoms with van der Waals surface area (Å²) in [5.41, 5.74) is 5.52. The Morgan fingerprint density at radius 2 is 2.25 bits per heavy atom. The van der Waals surface area contributed by atoms with Gasteiger partial charge in [0.15, 0.2) is 0 Å². The highest BCUT2D eigenvalue weighted by Gasteiger charge is 2.22. The normalized spacial score (nSPS) is 18.2. The van der Waals surface area contributed by atoms with Gasteiger partial charge in [0.2, 0.25) is 0 Å². The van der Waals surface area contributed by atoms with Gasteiger partial charge in [-0.05, 0) is 51.3 Å². The predicted molar refractivity (Wildman–Crippen MR) is 80.8 cm³/mol. The van der Waals surface area contributed by atoms with Crippen LogP contribution in [0.1, 0.15) is 54.1 Å². The lowest BCUT2D eigenvalue weighted by atomic mass is 9.93. The molecule has 1 atom stereocenters. The van der Waals surface area contributed by atoms with Crippen molar-refractivity contribution in [3.8, 4) is 0 Å². The fourth-order valence-electron chi connectivity index (χ4n) is 3.47. The van der Waals surface area contributed by atoms with Gasteiger partial charge in [0.1, 0.15) is 5.76 Å². The van der Waals surface area contributed by atoms with Gasteiger partial charge in [0.05, 0.1) is 6.26 Å². The van der Waals surface area contributed by atoms with Crippen molar-refractivity contribution in [1.82, 2.24) is 9.88 Å². The summed E-state index contributed by atoms with van der Waals surface area (Å²) in [6, 6.07) is 4.88. The summed E-state index contributed by atoms with van der Waals surface area (Å²) in [5.74, 6) is 1.17. The summed E-state index contributed by atoms with van der Waals surface area (Å²) >= 11 is 0. The molecule has 0 fully saturated rings. The summed E-state index contributed by atoms with van der Waals surface area (Å²) in [6.45, 7) is 8.60. The third-order valence-corrected chi connectivity index (χ3v) is 4.59. The van der Waals surface area contributed by atoms with E-state index in [0.717, 1.165) is 19.5 Å². The molecule has 20 heavy (non-hydrogen) atoms. The number of fused-ring (bicyclic) bond motifs is 1. The first-order chi connectivity index (χ1) is 9.70. The third kappa shape index (κ3) is 2.31. The van der Waals surface area contributed by atoms with E-state index in [2.05, 4.69) is 42.8 Å². The number of nitrogens with zero attached hydrogens (tertiary/aromatic N) is 1. The maximum Gasteiger partial charge on any atom is 0.108 e. The van der Waals surface area contributed by atoms with Crippen LogP contribution in [0.5, 0.6) is 0 Å². The Morgan fingerprint density at radius 1 is 1.40 bits per heavy atom. The fourth-order valence-corrected chi connectivity index (χ4v) is 3.47. The first-order valence-corrected chi connectivity index (χ1v) is 7.66. The molecule has 0 aromatic carbocycles. The Kier molecular flexibility index (Phi) is 3.70. The number of aryl methyl sites for hydroxylation is 2. The molecule has 1 N–H and O–H groups in total. The standard InChI is InChI=1S/C17H24N2O/c1-4-19-12(2)10-14(13(19)3)11-18-16-6-5-7-17-15(16)8-9-20-17/h8-10,16,18H,4-7,11H2,1-3H3. The van der Waals surface area contributed by atoms with Crippen LogP contribution in [0.3, 0.4) is 0 Å². The van der Waals surface area contributed by atoms with Crippen molar-refractivity contribution in [2.45, 2.75) is 59.2 Å². The van der Waals surface area contributed by atoms with E-state index >= 15 is 0 Å². The smallest absolute Gasteiger partial charge is 0.108 e. The Balaban J connectivity index is 1.72. The number of rotatable bonds is 4. The summed E-state index contributed by atoms with van der Waals surface area (Å²) in [5, 5.41) is 3.71. The molecule has 0 aliphatic heterocycles. The minimum atomic E-state index is 0.446. The molecule has 108 valence electrons. The summed E-state index contributed by atoms with van der Waals surface area (Å²) in [6.07, 6.45) is 5.34. The molecule has 2 aromatic heterocycles. The van der Waals surface area contributed by atoms with Gasteiger partial charge < -0.3 is 14.3 Å². The largest absolute Gasteiger partial charge is 0.469 e. The summed E-state index contributed by atoms with van der Waals surface area (Å²) in [7, 11) is 0. The number of furan rings is 1. The second kappa shape index (κ2) is 5.49. The molecule has 1 aliphatic carbocycles. The monoisotopic (exact) mass is 272 g/mol. The average molecular weight is 272 g/mol. The quantitative estimate of drug-likeness (QED) is 0.915. The lowest BCUT2D eigenvalue weighted by Gasteiger charge is -2.22. The number of aromatic nitrogens is 1. The zero-order valence-corrected chi connectivity index (χ0v) is 12.7. The van der Waals surface area contributed by atoms with Crippen LogP contribution in [0.4, 0.5) is 0 Å². The Labute approximate surface area is 121 Å². The zero-order chi connectivity index (χ0) is 14.1. The maximum absolute atomic E-state index is 5.56. The van der Waals surface area contributed by atoms with E-state index in [1.165, 1.54) is 41.1 Å². The van der Waals surface area contributed by atoms with Crippen LogP contribution >= 0.6 is 0 Å². The van der Waals surface area contributed by atoms with Crippen molar-refractivity contribution in [3.05, 3.63) is 46.7 Å². The molecule has 0 radical (unpaired) electrons. The van der Waals surface area contributed by atoms with Crippen LogP contribution in [0.25, 0.3) is 0 Å². The van der Waals surface area contributed by atoms with Gasteiger partial charge in [-0.1, -0.05) is 0 Å². The van der Waals surface area contributed by atoms with Gasteiger partial charge in [-0.3, -0.25) is 0 Å². The molecule has 3 rings (SSSR count). The second-order valence-electron chi connectivity index (χ2n) is 5.77. The van der Waals surface area contributed by atoms with Gasteiger partial charge in [0, 0.05) is 42.5 Å². The highest BCUT2D eigenvalue weighted by atomic mass is 16.3. The first-order valence-electron chi connectivity index (χ1n) is 7.66. The Hall–Kier alpha value is -1.48. The molecule has 0 spiro atoms. The molecule has 3 heteroatoms. The third-order valence-electron chi connectivity index (χ3n) is 4.59. The highest BCUT2D eigenvalue weighted by Crippen LogP contribution is 2.30. The van der Waals surface area contributed by atoms with Crippen LogP contribution in [0.2, 0.25) is 0 Å². The van der Waals surface area contributed by atoms with E-state index < -0.39 is 0 Å². The minimum absolute atomic E-state index is 0.446. The van der Waals surface area contributed by atoms with E-state index in [1.807, 2.05) is 6.26 Å². The minimum Gasteiger partial charge on any atom is -0.469 e. The average Bonchev–Trinajstić information content (AvgIpc) is 3.01. The van der Waals surface area contributed by atoms with Crippen LogP contribution < -0.4 is 5.32 Å². The van der Waals surface area contributed by atoms with Crippen LogP contribution in [-0.4, -0.2) is 4.57 Å². The highest BCUT2D eigenvalue weighted by molar-refractivity contribution is 5.28. The number of hydrogen-bond acceptors (Lipinski definition) is 2. The fraction of sp³-hybridized carbons (Fsp3) is 0.529. The molecule has 1 aliphatic rings. The molecule has 2 aromatic rings.